The Morgan fingerprint density at radius 2 is 2.19 bits per heavy atom. The van der Waals surface area contributed by atoms with Crippen LogP contribution in [0.25, 0.3) is 0 Å². The zero-order chi connectivity index (χ0) is 14.8. The van der Waals surface area contributed by atoms with Gasteiger partial charge in [0.2, 0.25) is 0 Å². The van der Waals surface area contributed by atoms with Crippen molar-refractivity contribution in [3.63, 3.8) is 0 Å². The third-order valence-corrected chi connectivity index (χ3v) is 4.36. The van der Waals surface area contributed by atoms with Crippen LogP contribution in [0.15, 0.2) is 18.2 Å². The molecule has 5 nitrogen and oxygen atoms in total. The number of nitrogens with two attached hydrogens (primary N) is 1. The topological polar surface area (TPSA) is 58.8 Å². The van der Waals surface area contributed by atoms with Crippen molar-refractivity contribution < 1.29 is 9.53 Å². The van der Waals surface area contributed by atoms with Crippen molar-refractivity contribution in [2.24, 2.45) is 0 Å². The molecular weight excluding hydrogens is 266 g/mol. The summed E-state index contributed by atoms with van der Waals surface area (Å²) in [6.07, 6.45) is 2.45. The Morgan fingerprint density at radius 1 is 1.33 bits per heavy atom. The number of nitrogens with zero attached hydrogens (tertiary/aromatic N) is 2. The summed E-state index contributed by atoms with van der Waals surface area (Å²) < 4.78 is 5.48. The number of ether oxygens (including phenoxy) is 1. The van der Waals surface area contributed by atoms with E-state index < -0.39 is 0 Å². The maximum absolute atomic E-state index is 12.7. The predicted octanol–water partition coefficient (Wildman–Crippen LogP) is 1.59. The van der Waals surface area contributed by atoms with E-state index in [1.807, 2.05) is 11.8 Å². The average Bonchev–Trinajstić information content (AvgIpc) is 2.93. The molecule has 1 atom stereocenters. The van der Waals surface area contributed by atoms with Crippen molar-refractivity contribution in [3.05, 3.63) is 23.8 Å². The normalized spacial score (nSPS) is 22.1. The lowest BCUT2D eigenvalue weighted by Crippen LogP contribution is -2.52. The minimum atomic E-state index is 0.0646. The molecule has 0 radical (unpaired) electrons. The molecule has 21 heavy (non-hydrogen) atoms. The second-order valence-electron chi connectivity index (χ2n) is 5.81. The van der Waals surface area contributed by atoms with E-state index in [1.165, 1.54) is 19.4 Å². The number of hydrogen-bond acceptors (Lipinski definition) is 4. The van der Waals surface area contributed by atoms with Crippen LogP contribution in [0.2, 0.25) is 0 Å². The van der Waals surface area contributed by atoms with E-state index in [-0.39, 0.29) is 5.91 Å². The van der Waals surface area contributed by atoms with E-state index >= 15 is 0 Å². The first kappa shape index (κ1) is 14.2. The van der Waals surface area contributed by atoms with Gasteiger partial charge in [-0.05, 0) is 38.4 Å². The van der Waals surface area contributed by atoms with Gasteiger partial charge < -0.3 is 15.4 Å². The third-order valence-electron chi connectivity index (χ3n) is 4.36. The Morgan fingerprint density at radius 3 is 3.00 bits per heavy atom. The Kier molecular flexibility index (Phi) is 4.01. The highest BCUT2D eigenvalue weighted by molar-refractivity contribution is 5.95. The molecule has 0 aromatic heterocycles. The van der Waals surface area contributed by atoms with Gasteiger partial charge in [-0.1, -0.05) is 0 Å². The van der Waals surface area contributed by atoms with Gasteiger partial charge in [0.05, 0.1) is 6.61 Å². The van der Waals surface area contributed by atoms with Crippen molar-refractivity contribution in [1.82, 2.24) is 9.80 Å². The smallest absolute Gasteiger partial charge is 0.254 e. The number of rotatable bonds is 3. The summed E-state index contributed by atoms with van der Waals surface area (Å²) in [5.41, 5.74) is 7.09. The largest absolute Gasteiger partial charge is 0.494 e. The predicted molar refractivity (Wildman–Crippen MR) is 82.5 cm³/mol. The molecule has 2 N–H and O–H groups in total. The Hall–Kier alpha value is -1.75. The lowest BCUT2D eigenvalue weighted by atomic mass is 10.1. The van der Waals surface area contributed by atoms with E-state index in [0.717, 1.165) is 19.6 Å². The summed E-state index contributed by atoms with van der Waals surface area (Å²) >= 11 is 0. The number of hydrogen-bond donors (Lipinski definition) is 1. The van der Waals surface area contributed by atoms with Gasteiger partial charge in [-0.2, -0.15) is 0 Å². The number of piperazine rings is 1. The molecule has 5 heteroatoms. The first-order chi connectivity index (χ1) is 10.2. The number of nitrogen functional groups attached to an aromatic ring is 1. The number of carbonyl (C=O) groups is 1. The summed E-state index contributed by atoms with van der Waals surface area (Å²) in [6, 6.07) is 5.83. The summed E-state index contributed by atoms with van der Waals surface area (Å²) in [5, 5.41) is 0. The number of carbonyl (C=O) groups excluding carboxylic acids is 1. The van der Waals surface area contributed by atoms with Crippen molar-refractivity contribution >= 4 is 11.6 Å². The fourth-order valence-electron chi connectivity index (χ4n) is 3.35. The van der Waals surface area contributed by atoms with Gasteiger partial charge in [-0.25, -0.2) is 0 Å². The van der Waals surface area contributed by atoms with E-state index in [0.29, 0.717) is 29.6 Å². The summed E-state index contributed by atoms with van der Waals surface area (Å²) in [5.74, 6) is 0.732. The number of fused-ring (bicyclic) bond motifs is 1. The summed E-state index contributed by atoms with van der Waals surface area (Å²) in [6.45, 7) is 6.28. The molecule has 0 saturated carbocycles. The van der Waals surface area contributed by atoms with Gasteiger partial charge >= 0.3 is 0 Å². The van der Waals surface area contributed by atoms with Crippen LogP contribution in [0, 0.1) is 0 Å². The Labute approximate surface area is 125 Å². The van der Waals surface area contributed by atoms with Gasteiger partial charge in [0.25, 0.3) is 5.91 Å². The molecule has 2 saturated heterocycles. The van der Waals surface area contributed by atoms with Crippen LogP contribution in [-0.2, 0) is 0 Å². The van der Waals surface area contributed by atoms with Crippen LogP contribution >= 0.6 is 0 Å². The maximum atomic E-state index is 12.7. The maximum Gasteiger partial charge on any atom is 0.254 e. The van der Waals surface area contributed by atoms with Gasteiger partial charge in [-0.3, -0.25) is 9.69 Å². The summed E-state index contributed by atoms with van der Waals surface area (Å²) in [7, 11) is 0. The zero-order valence-corrected chi connectivity index (χ0v) is 12.5. The molecule has 1 aromatic rings. The van der Waals surface area contributed by atoms with Gasteiger partial charge in [0.15, 0.2) is 0 Å². The fourth-order valence-corrected chi connectivity index (χ4v) is 3.35. The number of benzene rings is 1. The molecular formula is C16H23N3O2. The molecule has 1 amide bonds. The third kappa shape index (κ3) is 2.97. The van der Waals surface area contributed by atoms with Gasteiger partial charge in [0.1, 0.15) is 5.75 Å². The van der Waals surface area contributed by atoms with E-state index in [4.69, 9.17) is 10.5 Å². The lowest BCUT2D eigenvalue weighted by molar-refractivity contribution is 0.0571. The van der Waals surface area contributed by atoms with Gasteiger partial charge in [0, 0.05) is 43.0 Å². The van der Waals surface area contributed by atoms with Crippen LogP contribution in [0.1, 0.15) is 30.1 Å². The molecule has 0 bridgehead atoms. The molecule has 0 aliphatic carbocycles. The van der Waals surface area contributed by atoms with Crippen molar-refractivity contribution in [2.45, 2.75) is 25.8 Å². The highest BCUT2D eigenvalue weighted by Crippen LogP contribution is 2.24. The molecule has 2 aliphatic rings. The van der Waals surface area contributed by atoms with Crippen LogP contribution in [-0.4, -0.2) is 54.5 Å². The Balaban J connectivity index is 1.75. The van der Waals surface area contributed by atoms with Crippen molar-refractivity contribution in [2.75, 3.05) is 38.5 Å². The first-order valence-corrected chi connectivity index (χ1v) is 7.74. The number of anilines is 1. The highest BCUT2D eigenvalue weighted by atomic mass is 16.5. The van der Waals surface area contributed by atoms with Crippen molar-refractivity contribution in [3.8, 4) is 5.75 Å². The zero-order valence-electron chi connectivity index (χ0n) is 12.5. The van der Waals surface area contributed by atoms with Crippen molar-refractivity contribution in [1.29, 1.82) is 0 Å². The Bertz CT molecular complexity index is 532. The minimum Gasteiger partial charge on any atom is -0.494 e. The summed E-state index contributed by atoms with van der Waals surface area (Å²) in [4.78, 5) is 17.1. The van der Waals surface area contributed by atoms with Crippen LogP contribution in [0.5, 0.6) is 5.75 Å². The molecule has 1 aromatic carbocycles. The second kappa shape index (κ2) is 5.93. The number of amides is 1. The van der Waals surface area contributed by atoms with E-state index in [1.54, 1.807) is 18.2 Å². The molecule has 0 spiro atoms. The standard InChI is InChI=1S/C16H23N3O2/c1-2-21-15-9-12(8-13(17)10-15)16(20)19-7-6-18-5-3-4-14(18)11-19/h8-10,14H,2-7,11,17H2,1H3. The second-order valence-corrected chi connectivity index (χ2v) is 5.81. The minimum absolute atomic E-state index is 0.0646. The lowest BCUT2D eigenvalue weighted by Gasteiger charge is -2.37. The van der Waals surface area contributed by atoms with Crippen LogP contribution < -0.4 is 10.5 Å². The first-order valence-electron chi connectivity index (χ1n) is 7.74. The SMILES string of the molecule is CCOc1cc(N)cc(C(=O)N2CCN3CCCC3C2)c1. The highest BCUT2D eigenvalue weighted by Gasteiger charge is 2.32. The molecule has 114 valence electrons. The monoisotopic (exact) mass is 289 g/mol. The van der Waals surface area contributed by atoms with E-state index in [2.05, 4.69) is 4.90 Å². The molecule has 1 unspecified atom stereocenters. The van der Waals surface area contributed by atoms with Gasteiger partial charge in [-0.15, -0.1) is 0 Å². The quantitative estimate of drug-likeness (QED) is 0.859. The molecule has 2 fully saturated rings. The molecule has 2 aliphatic heterocycles. The van der Waals surface area contributed by atoms with E-state index in [9.17, 15) is 4.79 Å². The molecule has 2 heterocycles. The average molecular weight is 289 g/mol. The molecule has 3 rings (SSSR count). The van der Waals surface area contributed by atoms with Crippen LogP contribution in [0.3, 0.4) is 0 Å². The van der Waals surface area contributed by atoms with Crippen LogP contribution in [0.4, 0.5) is 5.69 Å². The fraction of sp³-hybridized carbons (Fsp3) is 0.562.